The molecular formula is C21H24N2O3. The molecule has 1 amide bonds. The Morgan fingerprint density at radius 2 is 1.85 bits per heavy atom. The van der Waals surface area contributed by atoms with Gasteiger partial charge in [-0.25, -0.2) is 0 Å². The summed E-state index contributed by atoms with van der Waals surface area (Å²) in [7, 11) is 0. The second-order valence-corrected chi connectivity index (χ2v) is 6.79. The molecule has 0 bridgehead atoms. The average Bonchev–Trinajstić information content (AvgIpc) is 2.91. The first-order valence-electron chi connectivity index (χ1n) is 9.24. The van der Waals surface area contributed by atoms with Crippen LogP contribution >= 0.6 is 0 Å². The number of nitrogens with one attached hydrogen (secondary N) is 1. The highest BCUT2D eigenvalue weighted by Gasteiger charge is 2.20. The maximum absolute atomic E-state index is 12.6. The first-order valence-corrected chi connectivity index (χ1v) is 9.24. The lowest BCUT2D eigenvalue weighted by Crippen LogP contribution is -2.38. The summed E-state index contributed by atoms with van der Waals surface area (Å²) in [5, 5.41) is 3.11. The molecule has 0 spiro atoms. The molecule has 0 unspecified atom stereocenters. The van der Waals surface area contributed by atoms with Crippen molar-refractivity contribution in [3.8, 4) is 5.75 Å². The molecule has 26 heavy (non-hydrogen) atoms. The quantitative estimate of drug-likeness (QED) is 0.923. The smallest absolute Gasteiger partial charge is 0.251 e. The molecule has 2 aliphatic heterocycles. The number of para-hydroxylation sites is 1. The summed E-state index contributed by atoms with van der Waals surface area (Å²) < 4.78 is 11.3. The highest BCUT2D eigenvalue weighted by molar-refractivity contribution is 5.95. The van der Waals surface area contributed by atoms with Gasteiger partial charge in [0, 0.05) is 42.6 Å². The zero-order valence-electron chi connectivity index (χ0n) is 14.8. The van der Waals surface area contributed by atoms with Crippen molar-refractivity contribution in [1.82, 2.24) is 5.32 Å². The van der Waals surface area contributed by atoms with Crippen LogP contribution in [0, 0.1) is 0 Å². The monoisotopic (exact) mass is 352 g/mol. The van der Waals surface area contributed by atoms with Gasteiger partial charge in [0.25, 0.3) is 5.91 Å². The minimum absolute atomic E-state index is 0.0348. The van der Waals surface area contributed by atoms with E-state index in [9.17, 15) is 4.79 Å². The van der Waals surface area contributed by atoms with E-state index in [1.54, 1.807) is 0 Å². The van der Waals surface area contributed by atoms with Crippen LogP contribution in [-0.2, 0) is 11.3 Å². The van der Waals surface area contributed by atoms with E-state index in [0.717, 1.165) is 37.2 Å². The molecule has 0 aliphatic carbocycles. The van der Waals surface area contributed by atoms with Gasteiger partial charge in [0.15, 0.2) is 0 Å². The number of carbonyl (C=O) groups is 1. The zero-order chi connectivity index (χ0) is 17.8. The van der Waals surface area contributed by atoms with E-state index in [-0.39, 0.29) is 11.9 Å². The molecule has 5 nitrogen and oxygen atoms in total. The molecule has 2 aliphatic rings. The number of rotatable bonds is 3. The van der Waals surface area contributed by atoms with Gasteiger partial charge >= 0.3 is 0 Å². The standard InChI is InChI=1S/C21H24N2O3/c24-21(22-18-8-11-25-12-9-18)16-6-7-17-15-23(10-13-26-20(17)14-16)19-4-2-1-3-5-19/h1-7,14,18H,8-13,15H2,(H,22,24). The number of carbonyl (C=O) groups excluding carboxylic acids is 1. The van der Waals surface area contributed by atoms with Gasteiger partial charge in [-0.1, -0.05) is 24.3 Å². The molecule has 2 heterocycles. The van der Waals surface area contributed by atoms with Crippen molar-refractivity contribution < 1.29 is 14.3 Å². The Hall–Kier alpha value is -2.53. The van der Waals surface area contributed by atoms with E-state index in [0.29, 0.717) is 25.4 Å². The van der Waals surface area contributed by atoms with Crippen molar-refractivity contribution in [2.24, 2.45) is 0 Å². The maximum atomic E-state index is 12.6. The van der Waals surface area contributed by atoms with Gasteiger partial charge in [-0.05, 0) is 37.1 Å². The van der Waals surface area contributed by atoms with Crippen molar-refractivity contribution in [3.63, 3.8) is 0 Å². The molecule has 4 rings (SSSR count). The van der Waals surface area contributed by atoms with E-state index in [1.165, 1.54) is 5.69 Å². The van der Waals surface area contributed by atoms with Crippen molar-refractivity contribution in [1.29, 1.82) is 0 Å². The van der Waals surface area contributed by atoms with E-state index in [4.69, 9.17) is 9.47 Å². The third kappa shape index (κ3) is 3.83. The minimum Gasteiger partial charge on any atom is -0.491 e. The van der Waals surface area contributed by atoms with Crippen molar-refractivity contribution in [2.45, 2.75) is 25.4 Å². The molecule has 2 aromatic carbocycles. The summed E-state index contributed by atoms with van der Waals surface area (Å²) in [6.07, 6.45) is 1.75. The van der Waals surface area contributed by atoms with Crippen LogP contribution in [0.2, 0.25) is 0 Å². The first-order chi connectivity index (χ1) is 12.8. The number of anilines is 1. The van der Waals surface area contributed by atoms with Crippen LogP contribution in [0.25, 0.3) is 0 Å². The van der Waals surface area contributed by atoms with E-state index < -0.39 is 0 Å². The highest BCUT2D eigenvalue weighted by Crippen LogP contribution is 2.27. The Morgan fingerprint density at radius 3 is 2.65 bits per heavy atom. The fourth-order valence-electron chi connectivity index (χ4n) is 3.48. The molecular weight excluding hydrogens is 328 g/mol. The summed E-state index contributed by atoms with van der Waals surface area (Å²) >= 11 is 0. The molecule has 0 saturated carbocycles. The van der Waals surface area contributed by atoms with Crippen LogP contribution in [0.5, 0.6) is 5.75 Å². The lowest BCUT2D eigenvalue weighted by molar-refractivity contribution is 0.0696. The van der Waals surface area contributed by atoms with Crippen LogP contribution in [-0.4, -0.2) is 38.3 Å². The molecule has 2 aromatic rings. The summed E-state index contributed by atoms with van der Waals surface area (Å²) in [5.41, 5.74) is 2.95. The summed E-state index contributed by atoms with van der Waals surface area (Å²) in [5.74, 6) is 0.774. The fourth-order valence-corrected chi connectivity index (χ4v) is 3.48. The molecule has 0 aromatic heterocycles. The molecule has 1 saturated heterocycles. The number of nitrogens with zero attached hydrogens (tertiary/aromatic N) is 1. The van der Waals surface area contributed by atoms with Gasteiger partial charge in [0.2, 0.25) is 0 Å². The second kappa shape index (κ2) is 7.79. The molecule has 1 fully saturated rings. The number of hydrogen-bond acceptors (Lipinski definition) is 4. The summed E-state index contributed by atoms with van der Waals surface area (Å²) in [6.45, 7) is 3.64. The molecule has 1 N–H and O–H groups in total. The predicted molar refractivity (Wildman–Crippen MR) is 101 cm³/mol. The van der Waals surface area contributed by atoms with Crippen molar-refractivity contribution in [2.75, 3.05) is 31.3 Å². The fraction of sp³-hybridized carbons (Fsp3) is 0.381. The number of ether oxygens (including phenoxy) is 2. The lowest BCUT2D eigenvalue weighted by Gasteiger charge is -2.23. The third-order valence-electron chi connectivity index (χ3n) is 4.99. The highest BCUT2D eigenvalue weighted by atomic mass is 16.5. The van der Waals surface area contributed by atoms with Gasteiger partial charge in [-0.2, -0.15) is 0 Å². The Bertz CT molecular complexity index is 757. The maximum Gasteiger partial charge on any atom is 0.251 e. The van der Waals surface area contributed by atoms with Crippen molar-refractivity contribution in [3.05, 3.63) is 59.7 Å². The van der Waals surface area contributed by atoms with Crippen LogP contribution in [0.1, 0.15) is 28.8 Å². The SMILES string of the molecule is O=C(NC1CCOCC1)c1ccc2c(c1)OCCN(c1ccccc1)C2. The predicted octanol–water partition coefficient (Wildman–Crippen LogP) is 2.99. The Balaban J connectivity index is 1.48. The average molecular weight is 352 g/mol. The number of amides is 1. The van der Waals surface area contributed by atoms with E-state index in [2.05, 4.69) is 22.3 Å². The topological polar surface area (TPSA) is 50.8 Å². The number of benzene rings is 2. The number of fused-ring (bicyclic) bond motifs is 1. The van der Waals surface area contributed by atoms with Gasteiger partial charge in [0.1, 0.15) is 12.4 Å². The molecule has 5 heteroatoms. The minimum atomic E-state index is -0.0348. The zero-order valence-corrected chi connectivity index (χ0v) is 14.8. The van der Waals surface area contributed by atoms with E-state index >= 15 is 0 Å². The largest absolute Gasteiger partial charge is 0.491 e. The normalized spacial score (nSPS) is 17.8. The Morgan fingerprint density at radius 1 is 1.04 bits per heavy atom. The van der Waals surface area contributed by atoms with Gasteiger partial charge in [-0.3, -0.25) is 4.79 Å². The molecule has 0 radical (unpaired) electrons. The first kappa shape index (κ1) is 16.9. The molecule has 136 valence electrons. The van der Waals surface area contributed by atoms with Gasteiger partial charge in [0.05, 0.1) is 6.54 Å². The van der Waals surface area contributed by atoms with E-state index in [1.807, 2.05) is 36.4 Å². The summed E-state index contributed by atoms with van der Waals surface area (Å²) in [6, 6.07) is 16.3. The van der Waals surface area contributed by atoms with Crippen LogP contribution in [0.3, 0.4) is 0 Å². The van der Waals surface area contributed by atoms with Gasteiger partial charge < -0.3 is 19.7 Å². The van der Waals surface area contributed by atoms with Gasteiger partial charge in [-0.15, -0.1) is 0 Å². The summed E-state index contributed by atoms with van der Waals surface area (Å²) in [4.78, 5) is 14.9. The Labute approximate surface area is 153 Å². The third-order valence-corrected chi connectivity index (χ3v) is 4.99. The number of hydrogen-bond donors (Lipinski definition) is 1. The van der Waals surface area contributed by atoms with Crippen molar-refractivity contribution >= 4 is 11.6 Å². The van der Waals surface area contributed by atoms with Crippen LogP contribution in [0.15, 0.2) is 48.5 Å². The second-order valence-electron chi connectivity index (χ2n) is 6.79. The van der Waals surface area contributed by atoms with Crippen LogP contribution in [0.4, 0.5) is 5.69 Å². The van der Waals surface area contributed by atoms with Crippen LogP contribution < -0.4 is 15.0 Å². The Kier molecular flexibility index (Phi) is 5.07. The molecule has 0 atom stereocenters. The lowest BCUT2D eigenvalue weighted by atomic mass is 10.1.